The van der Waals surface area contributed by atoms with Gasteiger partial charge in [0.25, 0.3) is 0 Å². The minimum absolute atomic E-state index is 0.298. The maximum Gasteiger partial charge on any atom is 0.408 e. The summed E-state index contributed by atoms with van der Waals surface area (Å²) in [5, 5.41) is 10.6. The Balaban J connectivity index is 3.00. The number of aliphatic carboxylic acids is 1. The van der Waals surface area contributed by atoms with Crippen LogP contribution in [0.3, 0.4) is 0 Å². The average Bonchev–Trinajstić information content (AvgIpc) is 2.53. The molecule has 0 aliphatic carbocycles. The molecule has 4 N–H and O–H groups in total. The zero-order valence-corrected chi connectivity index (χ0v) is 10.3. The molecule has 0 aliphatic rings. The first-order valence-electron chi connectivity index (χ1n) is 7.88. The van der Waals surface area contributed by atoms with Gasteiger partial charge in [-0.15, -0.1) is 0 Å². The van der Waals surface area contributed by atoms with Crippen LogP contribution in [0.5, 0.6) is 0 Å². The minimum Gasteiger partial charge on any atom is -0.480 e. The van der Waals surface area contributed by atoms with E-state index in [4.69, 9.17) is 22.4 Å². The van der Waals surface area contributed by atoms with E-state index in [0.29, 0.717) is 5.56 Å². The van der Waals surface area contributed by atoms with Crippen molar-refractivity contribution in [3.63, 3.8) is 0 Å². The van der Waals surface area contributed by atoms with Crippen LogP contribution >= 0.6 is 0 Å². The molecule has 0 unspecified atom stereocenters. The van der Waals surface area contributed by atoms with E-state index >= 15 is 0 Å². The van der Waals surface area contributed by atoms with Crippen molar-refractivity contribution in [2.45, 2.75) is 25.4 Å². The van der Waals surface area contributed by atoms with Crippen molar-refractivity contribution in [1.82, 2.24) is 5.32 Å². The van der Waals surface area contributed by atoms with Crippen molar-refractivity contribution in [3.8, 4) is 0 Å². The molecule has 0 aliphatic heterocycles. The summed E-state index contributed by atoms with van der Waals surface area (Å²) in [6, 6.07) is 4.65. The van der Waals surface area contributed by atoms with Crippen LogP contribution in [0.2, 0.25) is 0 Å². The Morgan fingerprint density at radius 1 is 1.40 bits per heavy atom. The summed E-state index contributed by atoms with van der Waals surface area (Å²) >= 11 is 0. The first-order valence-corrected chi connectivity index (χ1v) is 5.38. The molecule has 0 bridgehead atoms. The fourth-order valence-electron chi connectivity index (χ4n) is 1.12. The summed E-state index contributed by atoms with van der Waals surface area (Å²) in [6.07, 6.45) is -8.74. The van der Waals surface area contributed by atoms with E-state index in [2.05, 4.69) is 0 Å². The summed E-state index contributed by atoms with van der Waals surface area (Å²) < 4.78 is 42.3. The second-order valence-electron chi connectivity index (χ2n) is 3.48. The first-order chi connectivity index (χ1) is 11.4. The number of rotatable bonds is 7. The third-order valence-electron chi connectivity index (χ3n) is 1.96. The molecule has 2 amide bonds. The Bertz CT molecular complexity index is 670. The lowest BCUT2D eigenvalue weighted by Gasteiger charge is -2.13. The van der Waals surface area contributed by atoms with Crippen LogP contribution in [0.25, 0.3) is 0 Å². The standard InChI is InChI=1S/C13H16N2O5/c14-11(16)7-6-10(12(17)18)15-13(19)20-8-9-4-2-1-3-5-9/h1-5,10H,6-8H2,(H2,14,16)(H,15,19)(H,17,18)/t10-/m0/s1/i6D2,7D2,10D. The van der Waals surface area contributed by atoms with Gasteiger partial charge in [-0.3, -0.25) is 4.79 Å². The largest absolute Gasteiger partial charge is 0.480 e. The van der Waals surface area contributed by atoms with Crippen molar-refractivity contribution >= 4 is 18.0 Å². The molecule has 0 heterocycles. The van der Waals surface area contributed by atoms with Crippen molar-refractivity contribution in [2.75, 3.05) is 0 Å². The molecule has 1 atom stereocenters. The molecule has 0 fully saturated rings. The molecule has 1 rings (SSSR count). The zero-order valence-electron chi connectivity index (χ0n) is 15.3. The van der Waals surface area contributed by atoms with Crippen molar-refractivity contribution in [1.29, 1.82) is 0 Å². The van der Waals surface area contributed by atoms with E-state index < -0.39 is 36.7 Å². The lowest BCUT2D eigenvalue weighted by atomic mass is 10.1. The highest BCUT2D eigenvalue weighted by Gasteiger charge is 2.21. The van der Waals surface area contributed by atoms with Gasteiger partial charge >= 0.3 is 12.1 Å². The lowest BCUT2D eigenvalue weighted by Crippen LogP contribution is -2.41. The van der Waals surface area contributed by atoms with Gasteiger partial charge in [0.15, 0.2) is 0 Å². The Labute approximate surface area is 122 Å². The maximum atomic E-state index is 11.8. The smallest absolute Gasteiger partial charge is 0.408 e. The lowest BCUT2D eigenvalue weighted by molar-refractivity contribution is -0.139. The second-order valence-corrected chi connectivity index (χ2v) is 3.48. The number of primary amides is 1. The van der Waals surface area contributed by atoms with Crippen LogP contribution in [-0.2, 0) is 20.9 Å². The Morgan fingerprint density at radius 2 is 2.05 bits per heavy atom. The number of carbonyl (C=O) groups excluding carboxylic acids is 2. The average molecular weight is 285 g/mol. The predicted molar refractivity (Wildman–Crippen MR) is 69.6 cm³/mol. The summed E-state index contributed by atoms with van der Waals surface area (Å²) in [5.74, 6) is -4.06. The molecular weight excluding hydrogens is 264 g/mol. The van der Waals surface area contributed by atoms with Gasteiger partial charge in [0.05, 0.1) is 1.37 Å². The summed E-state index contributed by atoms with van der Waals surface area (Å²) in [6.45, 7) is -0.298. The fraction of sp³-hybridized carbons (Fsp3) is 0.308. The monoisotopic (exact) mass is 285 g/mol. The highest BCUT2D eigenvalue weighted by atomic mass is 16.5. The van der Waals surface area contributed by atoms with Gasteiger partial charge in [0, 0.05) is 11.9 Å². The van der Waals surface area contributed by atoms with Crippen LogP contribution in [0, 0.1) is 0 Å². The van der Waals surface area contributed by atoms with Gasteiger partial charge in [-0.25, -0.2) is 9.59 Å². The van der Waals surface area contributed by atoms with Gasteiger partial charge in [-0.1, -0.05) is 30.3 Å². The van der Waals surface area contributed by atoms with Gasteiger partial charge in [-0.05, 0) is 11.9 Å². The molecule has 7 heteroatoms. The van der Waals surface area contributed by atoms with E-state index in [9.17, 15) is 14.4 Å². The second kappa shape index (κ2) is 7.78. The number of hydrogen-bond donors (Lipinski definition) is 3. The topological polar surface area (TPSA) is 119 Å². The van der Waals surface area contributed by atoms with Crippen LogP contribution in [-0.4, -0.2) is 29.1 Å². The molecule has 108 valence electrons. The van der Waals surface area contributed by atoms with Gasteiger partial charge in [-0.2, -0.15) is 0 Å². The van der Waals surface area contributed by atoms with Crippen LogP contribution in [0.15, 0.2) is 30.3 Å². The number of amides is 2. The third-order valence-corrected chi connectivity index (χ3v) is 1.96. The van der Waals surface area contributed by atoms with Gasteiger partial charge in [0.2, 0.25) is 5.91 Å². The number of hydrogen-bond acceptors (Lipinski definition) is 4. The zero-order chi connectivity index (χ0) is 19.5. The number of benzene rings is 1. The Hall–Kier alpha value is -2.57. The number of carbonyl (C=O) groups is 3. The molecule has 0 saturated heterocycles. The highest BCUT2D eigenvalue weighted by molar-refractivity contribution is 5.81. The summed E-state index contributed by atoms with van der Waals surface area (Å²) in [7, 11) is 0. The third kappa shape index (κ3) is 5.85. The fourth-order valence-corrected chi connectivity index (χ4v) is 1.12. The molecule has 0 radical (unpaired) electrons. The molecule has 0 saturated carbocycles. The maximum absolute atomic E-state index is 11.8. The van der Waals surface area contributed by atoms with E-state index in [-0.39, 0.29) is 6.61 Å². The van der Waals surface area contributed by atoms with Gasteiger partial charge < -0.3 is 20.9 Å². The molecule has 0 aromatic heterocycles. The number of carboxylic acids is 1. The van der Waals surface area contributed by atoms with E-state index in [1.165, 1.54) is 5.32 Å². The van der Waals surface area contributed by atoms with Crippen LogP contribution in [0.4, 0.5) is 4.79 Å². The van der Waals surface area contributed by atoms with E-state index in [1.54, 1.807) is 30.3 Å². The number of carboxylic acid groups (broad SMARTS) is 1. The normalized spacial score (nSPS) is 18.1. The van der Waals surface area contributed by atoms with Crippen molar-refractivity contribution in [2.24, 2.45) is 5.73 Å². The van der Waals surface area contributed by atoms with Crippen molar-refractivity contribution < 1.29 is 31.1 Å². The Kier molecular flexibility index (Phi) is 3.64. The first kappa shape index (κ1) is 9.35. The number of ether oxygens (including phenoxy) is 1. The van der Waals surface area contributed by atoms with Crippen molar-refractivity contribution in [3.05, 3.63) is 35.9 Å². The van der Waals surface area contributed by atoms with Gasteiger partial charge in [0.1, 0.15) is 12.6 Å². The molecule has 1 aromatic carbocycles. The van der Waals surface area contributed by atoms with Crippen LogP contribution < -0.4 is 11.1 Å². The number of nitrogens with two attached hydrogens (primary N) is 1. The molecule has 1 aromatic rings. The SMILES string of the molecule is [2H]C([2H])(C(N)=O)C([2H])([2H])[C@]([2H])(NC(=O)OCc1ccccc1)C(=O)O. The molecule has 20 heavy (non-hydrogen) atoms. The highest BCUT2D eigenvalue weighted by Crippen LogP contribution is 2.02. The number of alkyl carbamates (subject to hydrolysis) is 1. The quantitative estimate of drug-likeness (QED) is 0.679. The molecule has 0 spiro atoms. The predicted octanol–water partition coefficient (Wildman–Crippen LogP) is 0.632. The Morgan fingerprint density at radius 3 is 2.60 bits per heavy atom. The molecular formula is C13H16N2O5. The number of nitrogens with one attached hydrogen (secondary N) is 1. The molecule has 7 nitrogen and oxygen atoms in total. The van der Waals surface area contributed by atoms with E-state index in [1.807, 2.05) is 0 Å². The minimum atomic E-state index is -3.70. The van der Waals surface area contributed by atoms with E-state index in [0.717, 1.165) is 0 Å². The summed E-state index contributed by atoms with van der Waals surface area (Å²) in [5.41, 5.74) is 5.29. The summed E-state index contributed by atoms with van der Waals surface area (Å²) in [4.78, 5) is 34.2. The van der Waals surface area contributed by atoms with Crippen LogP contribution in [0.1, 0.15) is 25.2 Å².